The Morgan fingerprint density at radius 1 is 1.07 bits per heavy atom. The van der Waals surface area contributed by atoms with Gasteiger partial charge in [0.25, 0.3) is 5.91 Å². The van der Waals surface area contributed by atoms with Crippen LogP contribution in [0.15, 0.2) is 53.6 Å². The van der Waals surface area contributed by atoms with Crippen LogP contribution in [0, 0.1) is 0 Å². The van der Waals surface area contributed by atoms with E-state index in [-0.39, 0.29) is 5.91 Å². The number of hydrogen-bond donors (Lipinski definition) is 0. The molecular formula is C21H24N4OS. The third-order valence-corrected chi connectivity index (χ3v) is 6.05. The quantitative estimate of drug-likeness (QED) is 0.635. The Bertz CT molecular complexity index is 944. The van der Waals surface area contributed by atoms with E-state index >= 15 is 0 Å². The Labute approximate surface area is 163 Å². The molecule has 1 aliphatic rings. The minimum Gasteiger partial charge on any atom is -0.339 e. The Balaban J connectivity index is 1.47. The van der Waals surface area contributed by atoms with Crippen molar-refractivity contribution in [1.29, 1.82) is 0 Å². The maximum absolute atomic E-state index is 13.1. The summed E-state index contributed by atoms with van der Waals surface area (Å²) in [4.78, 5) is 16.1. The smallest absolute Gasteiger partial charge is 0.254 e. The molecule has 27 heavy (non-hydrogen) atoms. The lowest BCUT2D eigenvalue weighted by atomic mass is 9.95. The summed E-state index contributed by atoms with van der Waals surface area (Å²) in [6, 6.07) is 13.9. The van der Waals surface area contributed by atoms with Crippen molar-refractivity contribution in [2.45, 2.75) is 42.8 Å². The fourth-order valence-corrected chi connectivity index (χ4v) is 4.60. The minimum absolute atomic E-state index is 0.142. The number of pyridine rings is 1. The van der Waals surface area contributed by atoms with Crippen LogP contribution < -0.4 is 0 Å². The summed E-state index contributed by atoms with van der Waals surface area (Å²) in [6.07, 6.45) is 3.85. The Morgan fingerprint density at radius 3 is 2.59 bits per heavy atom. The van der Waals surface area contributed by atoms with E-state index < -0.39 is 0 Å². The fourth-order valence-electron chi connectivity index (χ4n) is 3.65. The zero-order valence-electron chi connectivity index (χ0n) is 15.7. The highest BCUT2D eigenvalue weighted by atomic mass is 32.2. The van der Waals surface area contributed by atoms with Crippen LogP contribution in [0.2, 0.25) is 0 Å². The highest BCUT2D eigenvalue weighted by Crippen LogP contribution is 2.31. The molecule has 3 aromatic rings. The summed E-state index contributed by atoms with van der Waals surface area (Å²) >= 11 is 1.75. The molecule has 0 bridgehead atoms. The third-order valence-electron chi connectivity index (χ3n) is 4.97. The maximum atomic E-state index is 13.1. The van der Waals surface area contributed by atoms with E-state index in [1.807, 2.05) is 53.6 Å². The first-order valence-electron chi connectivity index (χ1n) is 9.48. The number of thioether (sulfide) groups is 1. The predicted molar refractivity (Wildman–Crippen MR) is 108 cm³/mol. The molecule has 0 atom stereocenters. The van der Waals surface area contributed by atoms with Crippen LogP contribution >= 0.6 is 11.8 Å². The molecule has 140 valence electrons. The number of hydrogen-bond acceptors (Lipinski definition) is 4. The van der Waals surface area contributed by atoms with Crippen LogP contribution in [0.1, 0.15) is 48.8 Å². The Morgan fingerprint density at radius 2 is 1.81 bits per heavy atom. The number of likely N-dealkylation sites (tertiary alicyclic amines) is 1. The molecule has 3 heterocycles. The van der Waals surface area contributed by atoms with E-state index in [0.29, 0.717) is 11.2 Å². The van der Waals surface area contributed by atoms with Crippen molar-refractivity contribution in [3.05, 3.63) is 60.0 Å². The molecule has 5 nitrogen and oxygen atoms in total. The molecular weight excluding hydrogens is 356 g/mol. The topological polar surface area (TPSA) is 50.5 Å². The van der Waals surface area contributed by atoms with Crippen LogP contribution in [0.5, 0.6) is 0 Å². The van der Waals surface area contributed by atoms with E-state index in [2.05, 4.69) is 28.4 Å². The molecule has 0 unspecified atom stereocenters. The van der Waals surface area contributed by atoms with Crippen molar-refractivity contribution in [3.63, 3.8) is 0 Å². The number of piperidine rings is 1. The standard InChI is InChI=1S/C21H24N4OS/c1-15(2)27-18-8-4-3-7-17(18)21(26)24-13-10-16(11-14-24)20-23-22-19-9-5-6-12-25(19)20/h3-9,12,15-16H,10-11,13-14H2,1-2H3. The van der Waals surface area contributed by atoms with Gasteiger partial charge in [-0.25, -0.2) is 0 Å². The number of nitrogens with zero attached hydrogens (tertiary/aromatic N) is 4. The summed E-state index contributed by atoms with van der Waals surface area (Å²) in [5.74, 6) is 1.49. The lowest BCUT2D eigenvalue weighted by Gasteiger charge is -2.31. The first-order chi connectivity index (χ1) is 13.1. The summed E-state index contributed by atoms with van der Waals surface area (Å²) in [5.41, 5.74) is 1.70. The molecule has 4 rings (SSSR count). The molecule has 1 saturated heterocycles. The number of carbonyl (C=O) groups excluding carboxylic acids is 1. The monoisotopic (exact) mass is 380 g/mol. The number of fused-ring (bicyclic) bond motifs is 1. The first kappa shape index (κ1) is 18.0. The van der Waals surface area contributed by atoms with E-state index in [4.69, 9.17) is 0 Å². The number of carbonyl (C=O) groups is 1. The van der Waals surface area contributed by atoms with E-state index in [1.54, 1.807) is 11.8 Å². The lowest BCUT2D eigenvalue weighted by molar-refractivity contribution is 0.0707. The molecule has 0 radical (unpaired) electrons. The second-order valence-electron chi connectivity index (χ2n) is 7.22. The highest BCUT2D eigenvalue weighted by Gasteiger charge is 2.28. The number of amides is 1. The van der Waals surface area contributed by atoms with Gasteiger partial charge in [-0.15, -0.1) is 22.0 Å². The highest BCUT2D eigenvalue weighted by molar-refractivity contribution is 8.00. The second-order valence-corrected chi connectivity index (χ2v) is 8.83. The second kappa shape index (κ2) is 7.72. The Kier molecular flexibility index (Phi) is 5.16. The van der Waals surface area contributed by atoms with Gasteiger partial charge in [-0.05, 0) is 37.1 Å². The van der Waals surface area contributed by atoms with Crippen molar-refractivity contribution >= 4 is 23.3 Å². The van der Waals surface area contributed by atoms with Crippen LogP contribution in [-0.4, -0.2) is 43.7 Å². The van der Waals surface area contributed by atoms with Crippen molar-refractivity contribution in [2.24, 2.45) is 0 Å². The molecule has 1 amide bonds. The molecule has 0 saturated carbocycles. The lowest BCUT2D eigenvalue weighted by Crippen LogP contribution is -2.38. The van der Waals surface area contributed by atoms with Crippen molar-refractivity contribution in [2.75, 3.05) is 13.1 Å². The van der Waals surface area contributed by atoms with Gasteiger partial charge in [0.05, 0.1) is 5.56 Å². The van der Waals surface area contributed by atoms with Gasteiger partial charge in [0, 0.05) is 35.3 Å². The molecule has 0 N–H and O–H groups in total. The fraction of sp³-hybridized carbons (Fsp3) is 0.381. The molecule has 0 aliphatic carbocycles. The van der Waals surface area contributed by atoms with Crippen molar-refractivity contribution < 1.29 is 4.79 Å². The summed E-state index contributed by atoms with van der Waals surface area (Å²) in [7, 11) is 0. The molecule has 1 fully saturated rings. The molecule has 1 aromatic carbocycles. The Hall–Kier alpha value is -2.34. The number of aromatic nitrogens is 3. The van der Waals surface area contributed by atoms with Gasteiger partial charge in [0.1, 0.15) is 5.82 Å². The first-order valence-corrected chi connectivity index (χ1v) is 10.4. The van der Waals surface area contributed by atoms with Gasteiger partial charge in [-0.3, -0.25) is 9.20 Å². The predicted octanol–water partition coefficient (Wildman–Crippen LogP) is 4.25. The van der Waals surface area contributed by atoms with E-state index in [1.165, 1.54) is 0 Å². The van der Waals surface area contributed by atoms with Gasteiger partial charge in [0.2, 0.25) is 0 Å². The van der Waals surface area contributed by atoms with Crippen molar-refractivity contribution in [3.8, 4) is 0 Å². The van der Waals surface area contributed by atoms with E-state index in [9.17, 15) is 4.79 Å². The van der Waals surface area contributed by atoms with Crippen LogP contribution in [0.25, 0.3) is 5.65 Å². The van der Waals surface area contributed by atoms with Gasteiger partial charge in [0.15, 0.2) is 5.65 Å². The zero-order valence-corrected chi connectivity index (χ0v) is 16.5. The minimum atomic E-state index is 0.142. The molecule has 6 heteroatoms. The SMILES string of the molecule is CC(C)Sc1ccccc1C(=O)N1CCC(c2nnc3ccccn23)CC1. The average molecular weight is 381 g/mol. The average Bonchev–Trinajstić information content (AvgIpc) is 3.12. The number of rotatable bonds is 4. The summed E-state index contributed by atoms with van der Waals surface area (Å²) in [6.45, 7) is 5.82. The number of benzene rings is 1. The molecule has 0 spiro atoms. The summed E-state index contributed by atoms with van der Waals surface area (Å²) < 4.78 is 2.07. The van der Waals surface area contributed by atoms with Gasteiger partial charge in [-0.2, -0.15) is 0 Å². The zero-order chi connectivity index (χ0) is 18.8. The van der Waals surface area contributed by atoms with Gasteiger partial charge < -0.3 is 4.90 Å². The normalized spacial score (nSPS) is 15.6. The van der Waals surface area contributed by atoms with Crippen molar-refractivity contribution in [1.82, 2.24) is 19.5 Å². The third kappa shape index (κ3) is 3.72. The van der Waals surface area contributed by atoms with Crippen LogP contribution in [0.3, 0.4) is 0 Å². The van der Waals surface area contributed by atoms with Crippen LogP contribution in [-0.2, 0) is 0 Å². The van der Waals surface area contributed by atoms with Gasteiger partial charge >= 0.3 is 0 Å². The molecule has 1 aliphatic heterocycles. The van der Waals surface area contributed by atoms with E-state index in [0.717, 1.165) is 47.9 Å². The van der Waals surface area contributed by atoms with Gasteiger partial charge in [-0.1, -0.05) is 32.0 Å². The largest absolute Gasteiger partial charge is 0.339 e. The summed E-state index contributed by atoms with van der Waals surface area (Å²) in [5, 5.41) is 9.11. The molecule has 2 aromatic heterocycles. The maximum Gasteiger partial charge on any atom is 0.254 e. The van der Waals surface area contributed by atoms with Crippen LogP contribution in [0.4, 0.5) is 0 Å².